The number of hydrogen-bond donors (Lipinski definition) is 1. The quantitative estimate of drug-likeness (QED) is 0.165. The molecule has 0 aliphatic rings. The molecule has 0 saturated carbocycles. The summed E-state index contributed by atoms with van der Waals surface area (Å²) in [5, 5.41) is 3.97. The Labute approximate surface area is 286 Å². The van der Waals surface area contributed by atoms with Gasteiger partial charge >= 0.3 is 0 Å². The lowest BCUT2D eigenvalue weighted by atomic mass is 10.0. The summed E-state index contributed by atoms with van der Waals surface area (Å²) in [6, 6.07) is 24.2. The SMILES string of the molecule is Cc1ccc(S(=O)(=O)N(CC(=O)N(Cc2c(Cl)cccc2Cl)[C@H](Cc2ccccc2)C(=O)NC(C)C)c2ccc(Cl)cc2C)cc1. The minimum Gasteiger partial charge on any atom is -0.352 e. The molecule has 242 valence electrons. The fraction of sp³-hybridized carbons (Fsp3) is 0.257. The molecular weight excluding hydrogens is 665 g/mol. The van der Waals surface area contributed by atoms with Crippen molar-refractivity contribution in [3.8, 4) is 0 Å². The van der Waals surface area contributed by atoms with Gasteiger partial charge in [-0.3, -0.25) is 13.9 Å². The largest absolute Gasteiger partial charge is 0.352 e. The fourth-order valence-corrected chi connectivity index (χ4v) is 7.26. The lowest BCUT2D eigenvalue weighted by Gasteiger charge is -2.34. The van der Waals surface area contributed by atoms with Crippen LogP contribution < -0.4 is 9.62 Å². The summed E-state index contributed by atoms with van der Waals surface area (Å²) >= 11 is 19.4. The second-order valence-corrected chi connectivity index (χ2v) is 14.5. The number of sulfonamides is 1. The van der Waals surface area contributed by atoms with Gasteiger partial charge in [-0.25, -0.2) is 8.42 Å². The van der Waals surface area contributed by atoms with E-state index in [1.54, 1.807) is 55.5 Å². The van der Waals surface area contributed by atoms with Crippen LogP contribution in [0.2, 0.25) is 15.1 Å². The van der Waals surface area contributed by atoms with E-state index in [-0.39, 0.29) is 29.6 Å². The molecule has 0 aliphatic heterocycles. The zero-order chi connectivity index (χ0) is 33.6. The van der Waals surface area contributed by atoms with Gasteiger partial charge in [0.05, 0.1) is 10.6 Å². The van der Waals surface area contributed by atoms with E-state index in [9.17, 15) is 18.0 Å². The molecule has 0 aliphatic carbocycles. The molecule has 0 unspecified atom stereocenters. The van der Waals surface area contributed by atoms with E-state index in [1.165, 1.54) is 17.0 Å². The van der Waals surface area contributed by atoms with Gasteiger partial charge in [-0.05, 0) is 81.3 Å². The summed E-state index contributed by atoms with van der Waals surface area (Å²) in [5.41, 5.74) is 2.96. The topological polar surface area (TPSA) is 86.8 Å². The summed E-state index contributed by atoms with van der Waals surface area (Å²) in [6.45, 7) is 6.48. The molecule has 1 N–H and O–H groups in total. The second kappa shape index (κ2) is 15.4. The maximum atomic E-state index is 14.6. The Morgan fingerprint density at radius 2 is 1.46 bits per heavy atom. The molecular formula is C35H36Cl3N3O4S. The van der Waals surface area contributed by atoms with Crippen LogP contribution in [0.25, 0.3) is 0 Å². The van der Waals surface area contributed by atoms with E-state index >= 15 is 0 Å². The molecule has 0 fully saturated rings. The standard InChI is InChI=1S/C35H36Cl3N3O4S/c1-23(2)39-35(43)33(20-26-9-6-5-7-10-26)40(21-29-30(37)11-8-12-31(29)38)34(42)22-41(32-18-15-27(36)19-25(32)4)46(44,45)28-16-13-24(3)14-17-28/h5-19,23,33H,20-22H2,1-4H3,(H,39,43)/t33-/m1/s1. The van der Waals surface area contributed by atoms with Gasteiger partial charge < -0.3 is 10.2 Å². The van der Waals surface area contributed by atoms with Crippen molar-refractivity contribution in [3.05, 3.63) is 128 Å². The molecule has 11 heteroatoms. The van der Waals surface area contributed by atoms with Gasteiger partial charge in [-0.15, -0.1) is 0 Å². The average molecular weight is 701 g/mol. The molecule has 46 heavy (non-hydrogen) atoms. The van der Waals surface area contributed by atoms with E-state index in [1.807, 2.05) is 51.1 Å². The van der Waals surface area contributed by atoms with Crippen LogP contribution >= 0.6 is 34.8 Å². The first-order valence-electron chi connectivity index (χ1n) is 14.7. The lowest BCUT2D eigenvalue weighted by Crippen LogP contribution is -2.54. The third-order valence-corrected chi connectivity index (χ3v) is 10.1. The van der Waals surface area contributed by atoms with Crippen molar-refractivity contribution >= 4 is 62.3 Å². The maximum absolute atomic E-state index is 14.6. The molecule has 0 radical (unpaired) electrons. The zero-order valence-electron chi connectivity index (χ0n) is 26.0. The Hall–Kier alpha value is -3.56. The first-order chi connectivity index (χ1) is 21.8. The fourth-order valence-electron chi connectivity index (χ4n) is 5.04. The third kappa shape index (κ3) is 8.62. The Bertz CT molecular complexity index is 1780. The van der Waals surface area contributed by atoms with Gasteiger partial charge in [-0.2, -0.15) is 0 Å². The van der Waals surface area contributed by atoms with Gasteiger partial charge in [-0.1, -0.05) is 88.9 Å². The van der Waals surface area contributed by atoms with Crippen molar-refractivity contribution in [3.63, 3.8) is 0 Å². The number of carbonyl (C=O) groups excluding carboxylic acids is 2. The zero-order valence-corrected chi connectivity index (χ0v) is 29.1. The van der Waals surface area contributed by atoms with Gasteiger partial charge in [0.25, 0.3) is 10.0 Å². The number of benzene rings is 4. The van der Waals surface area contributed by atoms with Gasteiger partial charge in [0.1, 0.15) is 12.6 Å². The van der Waals surface area contributed by atoms with Crippen LogP contribution in [0.3, 0.4) is 0 Å². The number of rotatable bonds is 12. The van der Waals surface area contributed by atoms with E-state index in [0.717, 1.165) is 15.4 Å². The van der Waals surface area contributed by atoms with Crippen LogP contribution in [0, 0.1) is 13.8 Å². The summed E-state index contributed by atoms with van der Waals surface area (Å²) in [5.74, 6) is -1.02. The number of amides is 2. The molecule has 0 saturated heterocycles. The van der Waals surface area contributed by atoms with E-state index < -0.39 is 34.4 Å². The van der Waals surface area contributed by atoms with Crippen LogP contribution in [0.4, 0.5) is 5.69 Å². The van der Waals surface area contributed by atoms with Crippen molar-refractivity contribution in [2.45, 2.75) is 57.6 Å². The number of anilines is 1. The van der Waals surface area contributed by atoms with E-state index in [2.05, 4.69) is 5.32 Å². The molecule has 0 aromatic heterocycles. The number of nitrogens with one attached hydrogen (secondary N) is 1. The minimum atomic E-state index is -4.26. The molecule has 0 bridgehead atoms. The first-order valence-corrected chi connectivity index (χ1v) is 17.3. The van der Waals surface area contributed by atoms with Crippen molar-refractivity contribution in [2.24, 2.45) is 0 Å². The molecule has 2 amide bonds. The van der Waals surface area contributed by atoms with Crippen molar-refractivity contribution < 1.29 is 18.0 Å². The summed E-state index contributed by atoms with van der Waals surface area (Å²) < 4.78 is 29.6. The maximum Gasteiger partial charge on any atom is 0.264 e. The predicted molar refractivity (Wildman–Crippen MR) is 186 cm³/mol. The monoisotopic (exact) mass is 699 g/mol. The summed E-state index contributed by atoms with van der Waals surface area (Å²) in [4.78, 5) is 29.8. The highest BCUT2D eigenvalue weighted by Gasteiger charge is 2.35. The Morgan fingerprint density at radius 3 is 2.04 bits per heavy atom. The molecule has 4 aromatic carbocycles. The predicted octanol–water partition coefficient (Wildman–Crippen LogP) is 7.62. The first kappa shape index (κ1) is 35.3. The highest BCUT2D eigenvalue weighted by molar-refractivity contribution is 7.92. The smallest absolute Gasteiger partial charge is 0.264 e. The highest BCUT2D eigenvalue weighted by atomic mass is 35.5. The highest BCUT2D eigenvalue weighted by Crippen LogP contribution is 2.31. The second-order valence-electron chi connectivity index (χ2n) is 11.3. The van der Waals surface area contributed by atoms with Crippen LogP contribution in [0.15, 0.2) is 95.9 Å². The van der Waals surface area contributed by atoms with Gasteiger partial charge in [0.2, 0.25) is 11.8 Å². The Morgan fingerprint density at radius 1 is 0.826 bits per heavy atom. The summed E-state index contributed by atoms with van der Waals surface area (Å²) in [6.07, 6.45) is 0.165. The third-order valence-electron chi connectivity index (χ3n) is 7.41. The average Bonchev–Trinajstić information content (AvgIpc) is 2.99. The molecule has 4 rings (SSSR count). The van der Waals surface area contributed by atoms with Crippen LogP contribution in [-0.4, -0.2) is 43.8 Å². The molecule has 7 nitrogen and oxygen atoms in total. The summed E-state index contributed by atoms with van der Waals surface area (Å²) in [7, 11) is -4.26. The van der Waals surface area contributed by atoms with Crippen LogP contribution in [0.5, 0.6) is 0 Å². The van der Waals surface area contributed by atoms with Crippen molar-refractivity contribution in [1.82, 2.24) is 10.2 Å². The van der Waals surface area contributed by atoms with Crippen LogP contribution in [-0.2, 0) is 32.6 Å². The normalized spacial score (nSPS) is 12.1. The number of aryl methyl sites for hydroxylation is 2. The molecule has 0 spiro atoms. The van der Waals surface area contributed by atoms with Crippen molar-refractivity contribution in [2.75, 3.05) is 10.8 Å². The van der Waals surface area contributed by atoms with Gasteiger partial charge in [0, 0.05) is 39.6 Å². The van der Waals surface area contributed by atoms with Gasteiger partial charge in [0.15, 0.2) is 0 Å². The van der Waals surface area contributed by atoms with Crippen molar-refractivity contribution in [1.29, 1.82) is 0 Å². The Kier molecular flexibility index (Phi) is 11.8. The van der Waals surface area contributed by atoms with E-state index in [0.29, 0.717) is 26.2 Å². The molecule has 1 atom stereocenters. The molecule has 4 aromatic rings. The number of carbonyl (C=O) groups is 2. The lowest BCUT2D eigenvalue weighted by molar-refractivity contribution is -0.140. The van der Waals surface area contributed by atoms with E-state index in [4.69, 9.17) is 34.8 Å². The molecule has 0 heterocycles. The number of nitrogens with zero attached hydrogens (tertiary/aromatic N) is 2. The van der Waals surface area contributed by atoms with Crippen LogP contribution in [0.1, 0.15) is 36.1 Å². The number of hydrogen-bond acceptors (Lipinski definition) is 4. The minimum absolute atomic E-state index is 0.0133. The number of halogens is 3. The Balaban J connectivity index is 1.86.